The first-order chi connectivity index (χ1) is 11.2. The van der Waals surface area contributed by atoms with E-state index < -0.39 is 0 Å². The fourth-order valence-electron chi connectivity index (χ4n) is 2.45. The lowest BCUT2D eigenvalue weighted by molar-refractivity contribution is -0.117. The van der Waals surface area contributed by atoms with Crippen LogP contribution >= 0.6 is 11.6 Å². The molecule has 0 aliphatic heterocycles. The lowest BCUT2D eigenvalue weighted by Gasteiger charge is -2.23. The second-order valence-corrected chi connectivity index (χ2v) is 5.64. The van der Waals surface area contributed by atoms with Crippen LogP contribution < -0.4 is 4.90 Å². The maximum absolute atomic E-state index is 12.9. The molecule has 3 rings (SSSR count). The zero-order chi connectivity index (χ0) is 16.1. The van der Waals surface area contributed by atoms with E-state index in [1.165, 1.54) is 0 Å². The summed E-state index contributed by atoms with van der Waals surface area (Å²) in [7, 11) is 0. The van der Waals surface area contributed by atoms with Crippen LogP contribution in [0.15, 0.2) is 84.9 Å². The first-order valence-corrected chi connectivity index (χ1v) is 7.79. The molecule has 0 aliphatic carbocycles. The molecule has 23 heavy (non-hydrogen) atoms. The summed E-state index contributed by atoms with van der Waals surface area (Å²) in [5.74, 6) is 0.0183. The van der Waals surface area contributed by atoms with E-state index in [1.54, 1.807) is 17.0 Å². The Morgan fingerprint density at radius 2 is 1.22 bits per heavy atom. The van der Waals surface area contributed by atoms with Crippen molar-refractivity contribution < 1.29 is 4.79 Å². The van der Waals surface area contributed by atoms with Crippen LogP contribution in [-0.2, 0) is 11.2 Å². The van der Waals surface area contributed by atoms with Crippen molar-refractivity contribution in [3.63, 3.8) is 0 Å². The summed E-state index contributed by atoms with van der Waals surface area (Å²) >= 11 is 5.91. The summed E-state index contributed by atoms with van der Waals surface area (Å²) < 4.78 is 0. The minimum absolute atomic E-state index is 0.0183. The first-order valence-electron chi connectivity index (χ1n) is 7.41. The number of nitrogens with zero attached hydrogens (tertiary/aromatic N) is 1. The predicted octanol–water partition coefficient (Wildman–Crippen LogP) is 5.25. The highest BCUT2D eigenvalue weighted by molar-refractivity contribution is 6.30. The highest BCUT2D eigenvalue weighted by Crippen LogP contribution is 2.26. The third-order valence-electron chi connectivity index (χ3n) is 3.55. The number of anilines is 2. The molecule has 3 aromatic carbocycles. The Balaban J connectivity index is 1.92. The zero-order valence-corrected chi connectivity index (χ0v) is 13.3. The molecule has 0 saturated heterocycles. The van der Waals surface area contributed by atoms with Gasteiger partial charge in [0.25, 0.3) is 0 Å². The summed E-state index contributed by atoms with van der Waals surface area (Å²) in [6.45, 7) is 0. The molecule has 0 fully saturated rings. The summed E-state index contributed by atoms with van der Waals surface area (Å²) in [5, 5.41) is 0.671. The smallest absolute Gasteiger partial charge is 0.235 e. The molecule has 0 heterocycles. The van der Waals surface area contributed by atoms with Gasteiger partial charge in [0.15, 0.2) is 0 Å². The number of para-hydroxylation sites is 2. The topological polar surface area (TPSA) is 20.3 Å². The molecule has 0 aliphatic rings. The van der Waals surface area contributed by atoms with Crippen molar-refractivity contribution in [1.29, 1.82) is 0 Å². The molecule has 0 radical (unpaired) electrons. The van der Waals surface area contributed by atoms with Gasteiger partial charge in [-0.1, -0.05) is 60.1 Å². The third kappa shape index (κ3) is 3.79. The maximum atomic E-state index is 12.9. The van der Waals surface area contributed by atoms with Gasteiger partial charge in [0.1, 0.15) is 0 Å². The van der Waals surface area contributed by atoms with Crippen molar-refractivity contribution >= 4 is 28.9 Å². The van der Waals surface area contributed by atoms with Gasteiger partial charge in [-0.25, -0.2) is 0 Å². The van der Waals surface area contributed by atoms with Gasteiger partial charge in [-0.05, 0) is 42.0 Å². The number of amides is 1. The number of hydrogen-bond donors (Lipinski definition) is 0. The highest BCUT2D eigenvalue weighted by atomic mass is 35.5. The number of hydrogen-bond acceptors (Lipinski definition) is 1. The average molecular weight is 322 g/mol. The van der Waals surface area contributed by atoms with Crippen LogP contribution in [-0.4, -0.2) is 5.91 Å². The minimum Gasteiger partial charge on any atom is -0.281 e. The molecule has 0 bridgehead atoms. The van der Waals surface area contributed by atoms with Crippen LogP contribution in [0.5, 0.6) is 0 Å². The molecule has 1 amide bonds. The number of carbonyl (C=O) groups excluding carboxylic acids is 1. The highest BCUT2D eigenvalue weighted by Gasteiger charge is 2.17. The molecule has 0 atom stereocenters. The van der Waals surface area contributed by atoms with E-state index in [0.717, 1.165) is 16.9 Å². The van der Waals surface area contributed by atoms with Crippen LogP contribution in [0.3, 0.4) is 0 Å². The van der Waals surface area contributed by atoms with E-state index in [0.29, 0.717) is 11.4 Å². The van der Waals surface area contributed by atoms with E-state index >= 15 is 0 Å². The lowest BCUT2D eigenvalue weighted by atomic mass is 10.1. The van der Waals surface area contributed by atoms with Crippen molar-refractivity contribution in [1.82, 2.24) is 0 Å². The van der Waals surface area contributed by atoms with Crippen molar-refractivity contribution in [2.75, 3.05) is 4.90 Å². The van der Waals surface area contributed by atoms with Gasteiger partial charge in [-0.3, -0.25) is 9.69 Å². The Bertz CT molecular complexity index is 730. The SMILES string of the molecule is O=C(Cc1ccc(Cl)cc1)N(c1ccccc1)c1ccccc1. The molecular weight excluding hydrogens is 306 g/mol. The van der Waals surface area contributed by atoms with Crippen LogP contribution in [0.2, 0.25) is 5.02 Å². The predicted molar refractivity (Wildman–Crippen MR) is 95.2 cm³/mol. The van der Waals surface area contributed by atoms with Gasteiger partial charge in [-0.15, -0.1) is 0 Å². The minimum atomic E-state index is 0.0183. The van der Waals surface area contributed by atoms with Gasteiger partial charge in [0.2, 0.25) is 5.91 Å². The lowest BCUT2D eigenvalue weighted by Crippen LogP contribution is -2.27. The van der Waals surface area contributed by atoms with E-state index in [1.807, 2.05) is 72.8 Å². The van der Waals surface area contributed by atoms with Gasteiger partial charge in [0.05, 0.1) is 6.42 Å². The van der Waals surface area contributed by atoms with Crippen LogP contribution in [0.4, 0.5) is 11.4 Å². The molecular formula is C20H16ClNO. The fourth-order valence-corrected chi connectivity index (χ4v) is 2.57. The fraction of sp³-hybridized carbons (Fsp3) is 0.0500. The molecule has 0 spiro atoms. The van der Waals surface area contributed by atoms with E-state index in [-0.39, 0.29) is 5.91 Å². The Labute approximate surface area is 141 Å². The van der Waals surface area contributed by atoms with Crippen molar-refractivity contribution in [2.24, 2.45) is 0 Å². The third-order valence-corrected chi connectivity index (χ3v) is 3.80. The Morgan fingerprint density at radius 1 is 0.739 bits per heavy atom. The van der Waals surface area contributed by atoms with Gasteiger partial charge in [0, 0.05) is 16.4 Å². The standard InChI is InChI=1S/C20H16ClNO/c21-17-13-11-16(12-14-17)15-20(23)22(18-7-3-1-4-8-18)19-9-5-2-6-10-19/h1-14H,15H2. The van der Waals surface area contributed by atoms with Gasteiger partial charge < -0.3 is 0 Å². The number of carbonyl (C=O) groups is 1. The molecule has 0 unspecified atom stereocenters. The monoisotopic (exact) mass is 321 g/mol. The first kappa shape index (κ1) is 15.3. The van der Waals surface area contributed by atoms with Gasteiger partial charge in [-0.2, -0.15) is 0 Å². The van der Waals surface area contributed by atoms with Crippen LogP contribution in [0.25, 0.3) is 0 Å². The van der Waals surface area contributed by atoms with E-state index in [4.69, 9.17) is 11.6 Å². The average Bonchev–Trinajstić information content (AvgIpc) is 2.59. The summed E-state index contributed by atoms with van der Waals surface area (Å²) in [5.41, 5.74) is 2.66. The second kappa shape index (κ2) is 7.12. The molecule has 3 heteroatoms. The van der Waals surface area contributed by atoms with E-state index in [9.17, 15) is 4.79 Å². The number of halogens is 1. The van der Waals surface area contributed by atoms with Gasteiger partial charge >= 0.3 is 0 Å². The van der Waals surface area contributed by atoms with Crippen LogP contribution in [0, 0.1) is 0 Å². The molecule has 0 N–H and O–H groups in total. The molecule has 114 valence electrons. The van der Waals surface area contributed by atoms with Crippen molar-refractivity contribution in [3.8, 4) is 0 Å². The molecule has 0 aromatic heterocycles. The van der Waals surface area contributed by atoms with Crippen LogP contribution in [0.1, 0.15) is 5.56 Å². The Kier molecular flexibility index (Phi) is 4.74. The second-order valence-electron chi connectivity index (χ2n) is 5.20. The molecule has 3 aromatic rings. The van der Waals surface area contributed by atoms with Crippen molar-refractivity contribution in [2.45, 2.75) is 6.42 Å². The van der Waals surface area contributed by atoms with E-state index in [2.05, 4.69) is 0 Å². The zero-order valence-electron chi connectivity index (χ0n) is 12.5. The Morgan fingerprint density at radius 3 is 1.70 bits per heavy atom. The quantitative estimate of drug-likeness (QED) is 0.643. The van der Waals surface area contributed by atoms with Crippen molar-refractivity contribution in [3.05, 3.63) is 95.5 Å². The summed E-state index contributed by atoms with van der Waals surface area (Å²) in [6.07, 6.45) is 0.320. The molecule has 0 saturated carbocycles. The normalized spacial score (nSPS) is 10.3. The molecule has 2 nitrogen and oxygen atoms in total. The number of benzene rings is 3. The summed E-state index contributed by atoms with van der Waals surface area (Å²) in [6, 6.07) is 26.7. The Hall–Kier alpha value is -2.58. The summed E-state index contributed by atoms with van der Waals surface area (Å²) in [4.78, 5) is 14.6. The number of rotatable bonds is 4. The maximum Gasteiger partial charge on any atom is 0.235 e. The largest absolute Gasteiger partial charge is 0.281 e.